The van der Waals surface area contributed by atoms with Gasteiger partial charge in [0.25, 0.3) is 0 Å². The van der Waals surface area contributed by atoms with Crippen LogP contribution >= 0.6 is 11.8 Å². The zero-order valence-electron chi connectivity index (χ0n) is 27.8. The summed E-state index contributed by atoms with van der Waals surface area (Å²) in [4.78, 5) is 35.4. The van der Waals surface area contributed by atoms with E-state index in [1.807, 2.05) is 78.9 Å². The predicted molar refractivity (Wildman–Crippen MR) is 192 cm³/mol. The first kappa shape index (κ1) is 36.8. The molecule has 9 nitrogen and oxygen atoms in total. The monoisotopic (exact) mass is 697 g/mol. The number of carbonyl (C=O) groups excluding carboxylic acids is 1. The molecule has 1 aliphatic rings. The summed E-state index contributed by atoms with van der Waals surface area (Å²) >= 11 is 1.46. The quantitative estimate of drug-likeness (QED) is 0.0639. The number of unbranched alkanes of at least 4 members (excludes halogenated alkanes) is 3. The van der Waals surface area contributed by atoms with Gasteiger partial charge in [-0.05, 0) is 58.9 Å². The van der Waals surface area contributed by atoms with Gasteiger partial charge in [-0.15, -0.1) is 11.8 Å². The van der Waals surface area contributed by atoms with Crippen LogP contribution in [0.5, 0.6) is 0 Å². The zero-order valence-corrected chi connectivity index (χ0v) is 28.6. The highest BCUT2D eigenvalue weighted by Crippen LogP contribution is 2.40. The van der Waals surface area contributed by atoms with Crippen LogP contribution in [0.25, 0.3) is 11.1 Å². The summed E-state index contributed by atoms with van der Waals surface area (Å²) in [6, 6.07) is 30.7. The van der Waals surface area contributed by atoms with Crippen molar-refractivity contribution in [2.24, 2.45) is 0 Å². The van der Waals surface area contributed by atoms with Crippen LogP contribution in [0, 0.1) is 0 Å². The Kier molecular flexibility index (Phi) is 13.6. The van der Waals surface area contributed by atoms with Gasteiger partial charge in [0.15, 0.2) is 6.29 Å². The van der Waals surface area contributed by atoms with Gasteiger partial charge in [0.2, 0.25) is 5.91 Å². The zero-order chi connectivity index (χ0) is 35.3. The molecule has 262 valence electrons. The highest BCUT2D eigenvalue weighted by atomic mass is 32.2. The second-order valence-electron chi connectivity index (χ2n) is 12.4. The van der Waals surface area contributed by atoms with E-state index in [4.69, 9.17) is 14.6 Å². The third-order valence-electron chi connectivity index (χ3n) is 8.63. The number of thioether (sulfide) groups is 1. The molecule has 1 saturated heterocycles. The lowest BCUT2D eigenvalue weighted by molar-refractivity contribution is -0.245. The molecule has 4 aromatic rings. The number of nitrogens with one attached hydrogen (secondary N) is 1. The average Bonchev–Trinajstić information content (AvgIpc) is 3.14. The Morgan fingerprint density at radius 2 is 1.46 bits per heavy atom. The number of carbonyl (C=O) groups is 3. The van der Waals surface area contributed by atoms with Gasteiger partial charge < -0.3 is 30.1 Å². The lowest BCUT2D eigenvalue weighted by Gasteiger charge is -2.36. The molecule has 50 heavy (non-hydrogen) atoms. The van der Waals surface area contributed by atoms with Gasteiger partial charge in [-0.2, -0.15) is 0 Å². The first-order valence-electron chi connectivity index (χ1n) is 16.9. The fourth-order valence-corrected chi connectivity index (χ4v) is 6.94. The smallest absolute Gasteiger partial charge is 0.336 e. The van der Waals surface area contributed by atoms with Crippen molar-refractivity contribution in [1.82, 2.24) is 5.32 Å². The van der Waals surface area contributed by atoms with Crippen LogP contribution in [0.3, 0.4) is 0 Å². The molecule has 0 aromatic heterocycles. The van der Waals surface area contributed by atoms with Gasteiger partial charge in [-0.3, -0.25) is 9.59 Å². The van der Waals surface area contributed by atoms with Crippen LogP contribution in [0.4, 0.5) is 0 Å². The van der Waals surface area contributed by atoms with Crippen LogP contribution in [0.2, 0.25) is 0 Å². The van der Waals surface area contributed by atoms with Gasteiger partial charge in [0, 0.05) is 42.0 Å². The Labute approximate surface area is 296 Å². The lowest BCUT2D eigenvalue weighted by Crippen LogP contribution is -2.31. The molecule has 4 N–H and O–H groups in total. The molecule has 0 saturated carbocycles. The molecule has 0 unspecified atom stereocenters. The molecular weight excluding hydrogens is 655 g/mol. The summed E-state index contributed by atoms with van der Waals surface area (Å²) in [5, 5.41) is 30.9. The summed E-state index contributed by atoms with van der Waals surface area (Å²) in [6.07, 6.45) is 3.08. The third kappa shape index (κ3) is 10.8. The Morgan fingerprint density at radius 3 is 2.18 bits per heavy atom. The molecule has 1 aliphatic heterocycles. The number of hydrogen-bond acceptors (Lipinski definition) is 7. The van der Waals surface area contributed by atoms with Crippen molar-refractivity contribution in [3.05, 3.63) is 125 Å². The largest absolute Gasteiger partial charge is 0.481 e. The van der Waals surface area contributed by atoms with Crippen LogP contribution < -0.4 is 5.32 Å². The molecule has 1 fully saturated rings. The topological polar surface area (TPSA) is 142 Å². The molecule has 4 aromatic carbocycles. The molecule has 0 bridgehead atoms. The molecule has 0 spiro atoms. The first-order chi connectivity index (χ1) is 24.3. The highest BCUT2D eigenvalue weighted by Gasteiger charge is 2.32. The minimum atomic E-state index is -0.964. The van der Waals surface area contributed by atoms with Gasteiger partial charge in [-0.25, -0.2) is 4.79 Å². The number of aliphatic hydroxyl groups excluding tert-OH is 1. The maximum atomic E-state index is 12.4. The van der Waals surface area contributed by atoms with Gasteiger partial charge >= 0.3 is 11.9 Å². The minimum absolute atomic E-state index is 0.0177. The maximum absolute atomic E-state index is 12.4. The number of carboxylic acids is 2. The van der Waals surface area contributed by atoms with Crippen LogP contribution in [0.1, 0.15) is 90.0 Å². The van der Waals surface area contributed by atoms with E-state index in [0.717, 1.165) is 52.6 Å². The lowest BCUT2D eigenvalue weighted by atomic mass is 9.99. The second kappa shape index (κ2) is 18.5. The van der Waals surface area contributed by atoms with Crippen molar-refractivity contribution < 1.29 is 39.2 Å². The molecule has 0 radical (unpaired) electrons. The van der Waals surface area contributed by atoms with E-state index in [9.17, 15) is 24.6 Å². The highest BCUT2D eigenvalue weighted by molar-refractivity contribution is 7.99. The number of aliphatic carboxylic acids is 1. The van der Waals surface area contributed by atoms with Gasteiger partial charge in [0.05, 0.1) is 24.4 Å². The van der Waals surface area contributed by atoms with E-state index in [1.165, 1.54) is 11.8 Å². The summed E-state index contributed by atoms with van der Waals surface area (Å²) < 4.78 is 13.0. The van der Waals surface area contributed by atoms with Crippen molar-refractivity contribution in [2.45, 2.75) is 81.5 Å². The van der Waals surface area contributed by atoms with Crippen LogP contribution in [-0.4, -0.2) is 45.0 Å². The number of rotatable bonds is 17. The summed E-state index contributed by atoms with van der Waals surface area (Å²) in [7, 11) is 0. The Bertz CT molecular complexity index is 1730. The molecule has 3 atom stereocenters. The number of benzene rings is 4. The number of amides is 1. The predicted octanol–water partition coefficient (Wildman–Crippen LogP) is 7.92. The van der Waals surface area contributed by atoms with Crippen molar-refractivity contribution in [2.75, 3.05) is 5.75 Å². The standard InChI is InChI=1S/C40H43NO8S/c42-25-27-14-16-30(17-15-27)35-23-33(26-50-36-11-6-5-10-34(36)39(46)47)48-40(49-35)31-20-18-29(19-21-31)32-9-7-8-28(22-32)24-41-37(43)12-3-1-2-4-13-38(44)45/h5-11,14-22,33,35,40,42H,1-4,12-13,23-26H2,(H,41,43)(H,44,45)(H,46,47)/t33-,35+,40+/m0/s1. The number of aliphatic hydroxyl groups is 1. The fourth-order valence-electron chi connectivity index (χ4n) is 5.87. The number of ether oxygens (including phenoxy) is 2. The molecular formula is C40H43NO8S. The summed E-state index contributed by atoms with van der Waals surface area (Å²) in [5.74, 6) is -1.22. The summed E-state index contributed by atoms with van der Waals surface area (Å²) in [5.41, 5.74) is 5.93. The van der Waals surface area contributed by atoms with Crippen molar-refractivity contribution in [3.63, 3.8) is 0 Å². The molecule has 5 rings (SSSR count). The van der Waals surface area contributed by atoms with Gasteiger partial charge in [-0.1, -0.05) is 91.7 Å². The van der Waals surface area contributed by atoms with Crippen molar-refractivity contribution in [1.29, 1.82) is 0 Å². The van der Waals surface area contributed by atoms with E-state index in [1.54, 1.807) is 12.1 Å². The van der Waals surface area contributed by atoms with Crippen LogP contribution in [-0.2, 0) is 32.2 Å². The van der Waals surface area contributed by atoms with Crippen LogP contribution in [0.15, 0.2) is 102 Å². The fraction of sp³-hybridized carbons (Fsp3) is 0.325. The van der Waals surface area contributed by atoms with E-state index < -0.39 is 18.2 Å². The second-order valence-corrected chi connectivity index (χ2v) is 13.4. The number of carboxylic acid groups (broad SMARTS) is 2. The Hall–Kier alpha value is -4.48. The van der Waals surface area contributed by atoms with Gasteiger partial charge in [0.1, 0.15) is 0 Å². The first-order valence-corrected chi connectivity index (χ1v) is 17.9. The molecule has 0 aliphatic carbocycles. The van der Waals surface area contributed by atoms with E-state index in [2.05, 4.69) is 11.4 Å². The third-order valence-corrected chi connectivity index (χ3v) is 9.84. The number of aromatic carboxylic acids is 1. The van der Waals surface area contributed by atoms with E-state index in [-0.39, 0.29) is 36.7 Å². The normalized spacial score (nSPS) is 17.3. The Morgan fingerprint density at radius 1 is 0.740 bits per heavy atom. The minimum Gasteiger partial charge on any atom is -0.481 e. The average molecular weight is 698 g/mol. The molecule has 10 heteroatoms. The van der Waals surface area contributed by atoms with Crippen molar-refractivity contribution in [3.8, 4) is 11.1 Å². The number of hydrogen-bond donors (Lipinski definition) is 4. The SMILES string of the molecule is O=C(O)CCCCCCC(=O)NCc1cccc(-c2ccc([C@@H]3O[C@H](CSc4ccccc4C(=O)O)C[C@H](c4ccc(CO)cc4)O3)cc2)c1. The summed E-state index contributed by atoms with van der Waals surface area (Å²) in [6.45, 7) is 0.382. The molecule has 1 heterocycles. The Balaban J connectivity index is 1.22. The maximum Gasteiger partial charge on any atom is 0.336 e. The molecule has 1 amide bonds. The van der Waals surface area contributed by atoms with E-state index in [0.29, 0.717) is 36.5 Å². The van der Waals surface area contributed by atoms with Crippen molar-refractivity contribution >= 4 is 29.6 Å². The van der Waals surface area contributed by atoms with E-state index >= 15 is 0 Å².